The quantitative estimate of drug-likeness (QED) is 0.735. The SMILES string of the molecule is C[C@@H]1COC(C)(C)C(=O)N1c1cccc(-c2cc(C#N)c3c(N)ncnn23)c1. The highest BCUT2D eigenvalue weighted by Gasteiger charge is 2.41. The van der Waals surface area contributed by atoms with Crippen molar-refractivity contribution in [1.82, 2.24) is 14.6 Å². The second kappa shape index (κ2) is 6.32. The van der Waals surface area contributed by atoms with Crippen LogP contribution in [0.15, 0.2) is 36.7 Å². The van der Waals surface area contributed by atoms with E-state index in [9.17, 15) is 10.1 Å². The molecule has 2 aromatic heterocycles. The molecular weight excluding hydrogens is 356 g/mol. The van der Waals surface area contributed by atoms with Gasteiger partial charge in [0.1, 0.15) is 23.5 Å². The molecule has 1 fully saturated rings. The number of fused-ring (bicyclic) bond motifs is 1. The zero-order chi connectivity index (χ0) is 20.1. The number of amides is 1. The van der Waals surface area contributed by atoms with Crippen LogP contribution in [0.2, 0.25) is 0 Å². The molecule has 0 radical (unpaired) electrons. The summed E-state index contributed by atoms with van der Waals surface area (Å²) >= 11 is 0. The van der Waals surface area contributed by atoms with Gasteiger partial charge in [-0.1, -0.05) is 12.1 Å². The third-order valence-corrected chi connectivity index (χ3v) is 4.98. The zero-order valence-electron chi connectivity index (χ0n) is 15.9. The minimum Gasteiger partial charge on any atom is -0.382 e. The lowest BCUT2D eigenvalue weighted by molar-refractivity contribution is -0.147. The molecular formula is C20H20N6O2. The number of nitriles is 1. The van der Waals surface area contributed by atoms with Crippen LogP contribution < -0.4 is 10.6 Å². The maximum atomic E-state index is 12.9. The first kappa shape index (κ1) is 17.9. The number of ether oxygens (including phenoxy) is 1. The maximum Gasteiger partial charge on any atom is 0.258 e. The molecule has 0 spiro atoms. The van der Waals surface area contributed by atoms with Crippen LogP contribution in [0.25, 0.3) is 16.8 Å². The van der Waals surface area contributed by atoms with E-state index in [-0.39, 0.29) is 17.8 Å². The molecule has 4 rings (SSSR count). The van der Waals surface area contributed by atoms with E-state index < -0.39 is 5.60 Å². The summed E-state index contributed by atoms with van der Waals surface area (Å²) in [6.07, 6.45) is 1.35. The Labute approximate surface area is 162 Å². The molecule has 142 valence electrons. The smallest absolute Gasteiger partial charge is 0.258 e. The van der Waals surface area contributed by atoms with Crippen LogP contribution >= 0.6 is 0 Å². The number of nitrogens with zero attached hydrogens (tertiary/aromatic N) is 5. The van der Waals surface area contributed by atoms with Crippen LogP contribution in [-0.2, 0) is 9.53 Å². The fraction of sp³-hybridized carbons (Fsp3) is 0.300. The number of nitrogens with two attached hydrogens (primary N) is 1. The third-order valence-electron chi connectivity index (χ3n) is 4.98. The Morgan fingerprint density at radius 3 is 2.89 bits per heavy atom. The predicted molar refractivity (Wildman–Crippen MR) is 105 cm³/mol. The lowest BCUT2D eigenvalue weighted by atomic mass is 10.0. The molecule has 2 N–H and O–H groups in total. The van der Waals surface area contributed by atoms with Gasteiger partial charge in [0, 0.05) is 11.3 Å². The number of morpholine rings is 1. The highest BCUT2D eigenvalue weighted by atomic mass is 16.5. The average molecular weight is 376 g/mol. The number of aromatic nitrogens is 3. The summed E-state index contributed by atoms with van der Waals surface area (Å²) in [4.78, 5) is 18.7. The summed E-state index contributed by atoms with van der Waals surface area (Å²) in [7, 11) is 0. The fourth-order valence-electron chi connectivity index (χ4n) is 3.50. The Morgan fingerprint density at radius 1 is 1.36 bits per heavy atom. The van der Waals surface area contributed by atoms with Crippen molar-refractivity contribution in [2.45, 2.75) is 32.4 Å². The van der Waals surface area contributed by atoms with Gasteiger partial charge in [0.15, 0.2) is 5.82 Å². The first-order chi connectivity index (χ1) is 13.3. The molecule has 1 aliphatic heterocycles. The number of carbonyl (C=O) groups is 1. The largest absolute Gasteiger partial charge is 0.382 e. The number of rotatable bonds is 2. The van der Waals surface area contributed by atoms with Crippen molar-refractivity contribution in [3.63, 3.8) is 0 Å². The van der Waals surface area contributed by atoms with Gasteiger partial charge < -0.3 is 15.4 Å². The number of hydrogen-bond donors (Lipinski definition) is 1. The van der Waals surface area contributed by atoms with Crippen molar-refractivity contribution in [2.24, 2.45) is 0 Å². The molecule has 1 amide bonds. The molecule has 0 saturated carbocycles. The van der Waals surface area contributed by atoms with Gasteiger partial charge in [0.2, 0.25) is 0 Å². The highest BCUT2D eigenvalue weighted by Crippen LogP contribution is 2.33. The van der Waals surface area contributed by atoms with E-state index in [4.69, 9.17) is 10.5 Å². The molecule has 1 saturated heterocycles. The highest BCUT2D eigenvalue weighted by molar-refractivity contribution is 6.00. The summed E-state index contributed by atoms with van der Waals surface area (Å²) < 4.78 is 7.29. The van der Waals surface area contributed by atoms with E-state index in [0.717, 1.165) is 11.3 Å². The molecule has 1 atom stereocenters. The number of nitrogen functional groups attached to an aromatic ring is 1. The van der Waals surface area contributed by atoms with E-state index in [1.165, 1.54) is 6.33 Å². The zero-order valence-corrected chi connectivity index (χ0v) is 15.9. The van der Waals surface area contributed by atoms with Gasteiger partial charge in [-0.15, -0.1) is 0 Å². The second-order valence-electron chi connectivity index (χ2n) is 7.36. The standard InChI is InChI=1S/C20H20N6O2/c1-12-10-28-20(2,3)19(27)25(12)15-6-4-5-13(7-15)16-8-14(9-21)17-18(22)23-11-24-26(16)17/h4-8,11-12H,10H2,1-3H3,(H2,22,23,24)/t12-/m1/s1. The monoisotopic (exact) mass is 376 g/mol. The molecule has 0 aliphatic carbocycles. The van der Waals surface area contributed by atoms with Gasteiger partial charge in [-0.05, 0) is 39.0 Å². The molecule has 0 bridgehead atoms. The topological polar surface area (TPSA) is 110 Å². The van der Waals surface area contributed by atoms with Crippen LogP contribution in [0.5, 0.6) is 0 Å². The van der Waals surface area contributed by atoms with Gasteiger partial charge >= 0.3 is 0 Å². The molecule has 1 aromatic carbocycles. The van der Waals surface area contributed by atoms with Crippen LogP contribution in [0.4, 0.5) is 11.5 Å². The van der Waals surface area contributed by atoms with Gasteiger partial charge in [-0.25, -0.2) is 9.50 Å². The summed E-state index contributed by atoms with van der Waals surface area (Å²) in [6.45, 7) is 5.96. The van der Waals surface area contributed by atoms with Crippen molar-refractivity contribution in [1.29, 1.82) is 5.26 Å². The van der Waals surface area contributed by atoms with E-state index in [1.54, 1.807) is 29.3 Å². The first-order valence-corrected chi connectivity index (χ1v) is 8.94. The van der Waals surface area contributed by atoms with Crippen molar-refractivity contribution in [3.8, 4) is 17.3 Å². The van der Waals surface area contributed by atoms with E-state index in [2.05, 4.69) is 16.2 Å². The van der Waals surface area contributed by atoms with Crippen LogP contribution in [0.1, 0.15) is 26.3 Å². The Hall–Kier alpha value is -3.44. The molecule has 3 aromatic rings. The van der Waals surface area contributed by atoms with Gasteiger partial charge in [-0.2, -0.15) is 10.4 Å². The molecule has 1 aliphatic rings. The van der Waals surface area contributed by atoms with E-state index in [1.807, 2.05) is 31.2 Å². The third kappa shape index (κ3) is 2.68. The summed E-state index contributed by atoms with van der Waals surface area (Å²) in [6, 6.07) is 11.4. The number of carbonyl (C=O) groups excluding carboxylic acids is 1. The minimum absolute atomic E-state index is 0.0901. The van der Waals surface area contributed by atoms with Crippen molar-refractivity contribution in [2.75, 3.05) is 17.2 Å². The molecule has 8 nitrogen and oxygen atoms in total. The molecule has 0 unspecified atom stereocenters. The maximum absolute atomic E-state index is 12.9. The molecule has 3 heterocycles. The molecule has 28 heavy (non-hydrogen) atoms. The Kier molecular flexibility index (Phi) is 4.05. The number of benzene rings is 1. The summed E-state index contributed by atoms with van der Waals surface area (Å²) in [5.74, 6) is 0.153. The van der Waals surface area contributed by atoms with Gasteiger partial charge in [0.05, 0.1) is 23.9 Å². The predicted octanol–water partition coefficient (Wildman–Crippen LogP) is 2.38. The Bertz CT molecular complexity index is 1130. The van der Waals surface area contributed by atoms with Gasteiger partial charge in [0.25, 0.3) is 5.91 Å². The minimum atomic E-state index is -0.875. The molecule has 8 heteroatoms. The van der Waals surface area contributed by atoms with Crippen LogP contribution in [-0.4, -0.2) is 38.8 Å². The Balaban J connectivity index is 1.85. The Morgan fingerprint density at radius 2 is 2.14 bits per heavy atom. The van der Waals surface area contributed by atoms with E-state index in [0.29, 0.717) is 23.4 Å². The van der Waals surface area contributed by atoms with Crippen molar-refractivity contribution >= 4 is 22.9 Å². The number of anilines is 2. The average Bonchev–Trinajstić information content (AvgIpc) is 3.06. The van der Waals surface area contributed by atoms with Crippen LogP contribution in [0.3, 0.4) is 0 Å². The number of hydrogen-bond acceptors (Lipinski definition) is 6. The van der Waals surface area contributed by atoms with Crippen molar-refractivity contribution < 1.29 is 9.53 Å². The summed E-state index contributed by atoms with van der Waals surface area (Å²) in [5, 5.41) is 13.7. The van der Waals surface area contributed by atoms with E-state index >= 15 is 0 Å². The second-order valence-corrected chi connectivity index (χ2v) is 7.36. The first-order valence-electron chi connectivity index (χ1n) is 8.94. The van der Waals surface area contributed by atoms with Crippen molar-refractivity contribution in [3.05, 3.63) is 42.2 Å². The fourth-order valence-corrected chi connectivity index (χ4v) is 3.50. The van der Waals surface area contributed by atoms with Gasteiger partial charge in [-0.3, -0.25) is 4.79 Å². The van der Waals surface area contributed by atoms with Crippen LogP contribution in [0, 0.1) is 11.3 Å². The summed E-state index contributed by atoms with van der Waals surface area (Å²) in [5.41, 5.74) is 8.23. The lowest BCUT2D eigenvalue weighted by Crippen LogP contribution is -2.57. The lowest BCUT2D eigenvalue weighted by Gasteiger charge is -2.41. The normalized spacial score (nSPS) is 19.0.